The number of hydrogen-bond donors (Lipinski definition) is 1. The molecule has 2 heterocycles. The summed E-state index contributed by atoms with van der Waals surface area (Å²) in [5.41, 5.74) is 2.43. The van der Waals surface area contributed by atoms with Crippen molar-refractivity contribution >= 4 is 27.0 Å². The predicted molar refractivity (Wildman–Crippen MR) is 118 cm³/mol. The van der Waals surface area contributed by atoms with Crippen LogP contribution in [0.15, 0.2) is 30.5 Å². The van der Waals surface area contributed by atoms with Gasteiger partial charge in [0.25, 0.3) is 0 Å². The Bertz CT molecular complexity index is 1180. The van der Waals surface area contributed by atoms with Crippen molar-refractivity contribution in [2.45, 2.75) is 33.1 Å². The first-order valence-corrected chi connectivity index (χ1v) is 11.8. The first-order chi connectivity index (χ1) is 14.8. The normalized spacial score (nSPS) is 11.6. The fraction of sp³-hybridized carbons (Fsp3) is 0.429. The molecule has 168 valence electrons. The number of amides is 1. The second kappa shape index (κ2) is 9.42. The van der Waals surface area contributed by atoms with Crippen molar-refractivity contribution in [3.05, 3.63) is 41.7 Å². The van der Waals surface area contributed by atoms with E-state index in [4.69, 9.17) is 9.47 Å². The van der Waals surface area contributed by atoms with Crippen LogP contribution in [0, 0.1) is 6.92 Å². The van der Waals surface area contributed by atoms with Crippen LogP contribution in [-0.4, -0.2) is 48.3 Å². The third-order valence-corrected chi connectivity index (χ3v) is 6.25. The molecule has 0 saturated carbocycles. The van der Waals surface area contributed by atoms with Gasteiger partial charge in [0.2, 0.25) is 10.0 Å². The van der Waals surface area contributed by atoms with Gasteiger partial charge >= 0.3 is 6.09 Å². The highest BCUT2D eigenvalue weighted by molar-refractivity contribution is 7.90. The van der Waals surface area contributed by atoms with E-state index >= 15 is 0 Å². The van der Waals surface area contributed by atoms with Gasteiger partial charge in [-0.25, -0.2) is 17.9 Å². The van der Waals surface area contributed by atoms with E-state index in [1.165, 1.54) is 0 Å². The Balaban J connectivity index is 1.84. The Labute approximate surface area is 182 Å². The minimum atomic E-state index is -3.85. The molecule has 31 heavy (non-hydrogen) atoms. The SMILES string of the molecule is CCCCOC(=O)NS(=O)(=O)CCc1c(C)nn(C)c1-n1ccc2ccc(OC)cc21. The molecular weight excluding hydrogens is 420 g/mol. The molecule has 0 aliphatic heterocycles. The summed E-state index contributed by atoms with van der Waals surface area (Å²) in [6.45, 7) is 3.98. The van der Waals surface area contributed by atoms with Gasteiger partial charge in [-0.15, -0.1) is 0 Å². The van der Waals surface area contributed by atoms with E-state index < -0.39 is 16.1 Å². The molecule has 1 N–H and O–H groups in total. The zero-order chi connectivity index (χ0) is 22.6. The number of ether oxygens (including phenoxy) is 2. The first-order valence-electron chi connectivity index (χ1n) is 10.1. The number of benzene rings is 1. The third-order valence-electron chi connectivity index (χ3n) is 5.03. The number of unbranched alkanes of at least 4 members (excludes halogenated alkanes) is 1. The molecule has 0 spiro atoms. The lowest BCUT2D eigenvalue weighted by Gasteiger charge is -2.11. The van der Waals surface area contributed by atoms with Crippen LogP contribution >= 0.6 is 0 Å². The predicted octanol–water partition coefficient (Wildman–Crippen LogP) is 3.08. The number of fused-ring (bicyclic) bond motifs is 1. The topological polar surface area (TPSA) is 104 Å². The van der Waals surface area contributed by atoms with Gasteiger partial charge in [-0.05, 0) is 38.0 Å². The van der Waals surface area contributed by atoms with E-state index in [0.29, 0.717) is 6.42 Å². The average molecular weight is 449 g/mol. The molecule has 1 aromatic carbocycles. The zero-order valence-electron chi connectivity index (χ0n) is 18.2. The van der Waals surface area contributed by atoms with E-state index in [9.17, 15) is 13.2 Å². The molecule has 2 aromatic heterocycles. The fourth-order valence-corrected chi connectivity index (χ4v) is 4.34. The highest BCUT2D eigenvalue weighted by Crippen LogP contribution is 2.27. The molecule has 9 nitrogen and oxygen atoms in total. The maximum Gasteiger partial charge on any atom is 0.420 e. The van der Waals surface area contributed by atoms with E-state index in [0.717, 1.165) is 40.1 Å². The Morgan fingerprint density at radius 2 is 2.03 bits per heavy atom. The van der Waals surface area contributed by atoms with Crippen molar-refractivity contribution in [1.29, 1.82) is 0 Å². The number of aromatic nitrogens is 3. The van der Waals surface area contributed by atoms with Crippen molar-refractivity contribution in [3.8, 4) is 11.6 Å². The minimum Gasteiger partial charge on any atom is -0.497 e. The van der Waals surface area contributed by atoms with Crippen LogP contribution < -0.4 is 9.46 Å². The van der Waals surface area contributed by atoms with Crippen LogP contribution in [-0.2, 0) is 28.2 Å². The molecule has 0 unspecified atom stereocenters. The van der Waals surface area contributed by atoms with Crippen LogP contribution in [0.1, 0.15) is 31.0 Å². The van der Waals surface area contributed by atoms with E-state index in [2.05, 4.69) is 5.10 Å². The summed E-state index contributed by atoms with van der Waals surface area (Å²) >= 11 is 0. The van der Waals surface area contributed by atoms with Gasteiger partial charge in [0, 0.05) is 30.3 Å². The molecule has 0 fully saturated rings. The maximum atomic E-state index is 12.4. The molecular formula is C21H28N4O5S. The highest BCUT2D eigenvalue weighted by atomic mass is 32.2. The standard InChI is InChI=1S/C21H28N4O5S/c1-5-6-12-30-21(26)23-31(27,28)13-10-18-15(2)22-24(3)20(18)25-11-9-16-7-8-17(29-4)14-19(16)25/h7-9,11,14H,5-6,10,12-13H2,1-4H3,(H,23,26). The number of aryl methyl sites for hydroxylation is 2. The van der Waals surface area contributed by atoms with E-state index in [1.807, 2.05) is 60.6 Å². The molecule has 0 atom stereocenters. The summed E-state index contributed by atoms with van der Waals surface area (Å²) in [6.07, 6.45) is 2.70. The zero-order valence-corrected chi connectivity index (χ0v) is 19.0. The molecule has 0 aliphatic carbocycles. The van der Waals surface area contributed by atoms with Crippen LogP contribution in [0.25, 0.3) is 16.7 Å². The van der Waals surface area contributed by atoms with Gasteiger partial charge in [-0.2, -0.15) is 5.10 Å². The Hall–Kier alpha value is -3.01. The monoisotopic (exact) mass is 448 g/mol. The van der Waals surface area contributed by atoms with Gasteiger partial charge in [-0.1, -0.05) is 13.3 Å². The Kier molecular flexibility index (Phi) is 6.89. The van der Waals surface area contributed by atoms with E-state index in [-0.39, 0.29) is 18.8 Å². The van der Waals surface area contributed by atoms with Crippen molar-refractivity contribution in [2.75, 3.05) is 19.5 Å². The average Bonchev–Trinajstić information content (AvgIpc) is 3.25. The lowest BCUT2D eigenvalue weighted by molar-refractivity contribution is 0.151. The van der Waals surface area contributed by atoms with Crippen LogP contribution in [0.4, 0.5) is 4.79 Å². The third kappa shape index (κ3) is 5.19. The van der Waals surface area contributed by atoms with Gasteiger partial charge in [0.05, 0.1) is 30.7 Å². The summed E-state index contributed by atoms with van der Waals surface area (Å²) in [6, 6.07) is 7.75. The number of sulfonamides is 1. The maximum absolute atomic E-state index is 12.4. The van der Waals surface area contributed by atoms with Gasteiger partial charge in [0.15, 0.2) is 0 Å². The van der Waals surface area contributed by atoms with Gasteiger partial charge < -0.3 is 14.0 Å². The largest absolute Gasteiger partial charge is 0.497 e. The number of rotatable bonds is 9. The smallest absolute Gasteiger partial charge is 0.420 e. The van der Waals surface area contributed by atoms with Gasteiger partial charge in [0.1, 0.15) is 11.6 Å². The summed E-state index contributed by atoms with van der Waals surface area (Å²) in [4.78, 5) is 11.7. The second-order valence-electron chi connectivity index (χ2n) is 7.28. The van der Waals surface area contributed by atoms with Crippen molar-refractivity contribution < 1.29 is 22.7 Å². The summed E-state index contributed by atoms with van der Waals surface area (Å²) in [5, 5.41) is 5.51. The van der Waals surface area contributed by atoms with Crippen molar-refractivity contribution in [3.63, 3.8) is 0 Å². The molecule has 3 aromatic rings. The Morgan fingerprint density at radius 1 is 1.26 bits per heavy atom. The number of carbonyl (C=O) groups excluding carboxylic acids is 1. The highest BCUT2D eigenvalue weighted by Gasteiger charge is 2.21. The van der Waals surface area contributed by atoms with Crippen LogP contribution in [0.2, 0.25) is 0 Å². The lowest BCUT2D eigenvalue weighted by Crippen LogP contribution is -2.33. The fourth-order valence-electron chi connectivity index (χ4n) is 3.46. The van der Waals surface area contributed by atoms with E-state index in [1.54, 1.807) is 11.8 Å². The molecule has 0 saturated heterocycles. The quantitative estimate of drug-likeness (QED) is 0.505. The molecule has 1 amide bonds. The van der Waals surface area contributed by atoms with Gasteiger partial charge in [-0.3, -0.25) is 4.68 Å². The number of hydrogen-bond acceptors (Lipinski definition) is 6. The molecule has 0 bridgehead atoms. The summed E-state index contributed by atoms with van der Waals surface area (Å²) in [5.74, 6) is 1.22. The van der Waals surface area contributed by atoms with Crippen LogP contribution in [0.5, 0.6) is 5.75 Å². The summed E-state index contributed by atoms with van der Waals surface area (Å²) in [7, 11) is -0.428. The molecule has 0 radical (unpaired) electrons. The number of nitrogens with zero attached hydrogens (tertiary/aromatic N) is 3. The molecule has 10 heteroatoms. The molecule has 0 aliphatic rings. The second-order valence-corrected chi connectivity index (χ2v) is 9.12. The number of nitrogens with one attached hydrogen (secondary N) is 1. The molecule has 3 rings (SSSR count). The lowest BCUT2D eigenvalue weighted by atomic mass is 10.2. The van der Waals surface area contributed by atoms with Crippen LogP contribution in [0.3, 0.4) is 0 Å². The Morgan fingerprint density at radius 3 is 2.74 bits per heavy atom. The summed E-state index contributed by atoms with van der Waals surface area (Å²) < 4.78 is 40.7. The van der Waals surface area contributed by atoms with Crippen molar-refractivity contribution in [2.24, 2.45) is 7.05 Å². The number of methoxy groups -OCH3 is 1. The first kappa shape index (κ1) is 22.7. The van der Waals surface area contributed by atoms with Crippen molar-refractivity contribution in [1.82, 2.24) is 19.1 Å². The number of carbonyl (C=O) groups is 1. The minimum absolute atomic E-state index is 0.188.